The van der Waals surface area contributed by atoms with Gasteiger partial charge in [0.1, 0.15) is 5.75 Å². The molecule has 0 spiro atoms. The third-order valence-electron chi connectivity index (χ3n) is 2.40. The molecule has 2 aromatic rings. The van der Waals surface area contributed by atoms with Crippen molar-refractivity contribution in [3.05, 3.63) is 53.8 Å². The third-order valence-corrected chi connectivity index (χ3v) is 2.40. The lowest BCUT2D eigenvalue weighted by Gasteiger charge is -2.10. The zero-order valence-corrected chi connectivity index (χ0v) is 10.6. The maximum absolute atomic E-state index is 13.4. The third kappa shape index (κ3) is 3.12. The molecule has 2 rings (SSSR count). The minimum atomic E-state index is -0.382. The molecule has 0 saturated heterocycles. The highest BCUT2D eigenvalue weighted by molar-refractivity contribution is 5.85. The molecule has 0 atom stereocenters. The van der Waals surface area contributed by atoms with Gasteiger partial charge in [0.15, 0.2) is 11.6 Å². The molecule has 3 nitrogen and oxygen atoms in total. The molecule has 18 heavy (non-hydrogen) atoms. The molecule has 0 aliphatic rings. The molecule has 0 amide bonds. The number of hydrazine groups is 1. The first-order chi connectivity index (χ1) is 8.20. The van der Waals surface area contributed by atoms with Crippen molar-refractivity contribution in [1.29, 1.82) is 0 Å². The van der Waals surface area contributed by atoms with Crippen molar-refractivity contribution in [2.45, 2.75) is 6.92 Å². The number of aryl methyl sites for hydroxylation is 1. The number of halogens is 2. The van der Waals surface area contributed by atoms with Gasteiger partial charge in [-0.15, -0.1) is 12.4 Å². The monoisotopic (exact) mass is 268 g/mol. The molecule has 0 unspecified atom stereocenters. The SMILES string of the molecule is Cc1cc(NN)ccc1Oc1ccccc1F.Cl. The van der Waals surface area contributed by atoms with Crippen LogP contribution >= 0.6 is 12.4 Å². The van der Waals surface area contributed by atoms with Crippen LogP contribution in [0, 0.1) is 12.7 Å². The highest BCUT2D eigenvalue weighted by atomic mass is 35.5. The quantitative estimate of drug-likeness (QED) is 0.660. The van der Waals surface area contributed by atoms with Gasteiger partial charge in [-0.05, 0) is 42.8 Å². The van der Waals surface area contributed by atoms with Crippen LogP contribution in [0.5, 0.6) is 11.5 Å². The fourth-order valence-electron chi connectivity index (χ4n) is 1.50. The molecule has 0 aromatic heterocycles. The standard InChI is InChI=1S/C13H13FN2O.ClH/c1-9-8-10(16-15)6-7-12(9)17-13-5-3-2-4-11(13)14;/h2-8,16H,15H2,1H3;1H. The van der Waals surface area contributed by atoms with Crippen molar-refractivity contribution in [1.82, 2.24) is 0 Å². The van der Waals surface area contributed by atoms with Crippen LogP contribution in [0.2, 0.25) is 0 Å². The van der Waals surface area contributed by atoms with Gasteiger partial charge in [0.05, 0.1) is 0 Å². The average Bonchev–Trinajstić information content (AvgIpc) is 2.34. The maximum atomic E-state index is 13.4. The molecule has 0 aliphatic heterocycles. The first kappa shape index (κ1) is 14.3. The molecule has 0 fully saturated rings. The van der Waals surface area contributed by atoms with E-state index < -0.39 is 0 Å². The molecule has 0 heterocycles. The molecule has 0 aliphatic carbocycles. The van der Waals surface area contributed by atoms with Gasteiger partial charge in [-0.1, -0.05) is 12.1 Å². The molecule has 0 bridgehead atoms. The fraction of sp³-hybridized carbons (Fsp3) is 0.0769. The van der Waals surface area contributed by atoms with E-state index in [-0.39, 0.29) is 24.0 Å². The highest BCUT2D eigenvalue weighted by Crippen LogP contribution is 2.28. The van der Waals surface area contributed by atoms with E-state index in [4.69, 9.17) is 10.6 Å². The van der Waals surface area contributed by atoms with Gasteiger partial charge in [0.25, 0.3) is 0 Å². The predicted molar refractivity (Wildman–Crippen MR) is 72.7 cm³/mol. The number of nitrogen functional groups attached to an aromatic ring is 1. The molecular formula is C13H14ClFN2O. The molecule has 96 valence electrons. The van der Waals surface area contributed by atoms with Crippen molar-refractivity contribution in [2.24, 2.45) is 5.84 Å². The number of hydrogen-bond donors (Lipinski definition) is 2. The summed E-state index contributed by atoms with van der Waals surface area (Å²) in [4.78, 5) is 0. The van der Waals surface area contributed by atoms with E-state index in [2.05, 4.69) is 5.43 Å². The average molecular weight is 269 g/mol. The number of para-hydroxylation sites is 1. The minimum absolute atomic E-state index is 0. The summed E-state index contributed by atoms with van der Waals surface area (Å²) in [5, 5.41) is 0. The summed E-state index contributed by atoms with van der Waals surface area (Å²) < 4.78 is 18.9. The number of nitrogens with one attached hydrogen (secondary N) is 1. The molecule has 2 aromatic carbocycles. The second-order valence-electron chi connectivity index (χ2n) is 3.66. The lowest BCUT2D eigenvalue weighted by molar-refractivity contribution is 0.439. The lowest BCUT2D eigenvalue weighted by atomic mass is 10.2. The van der Waals surface area contributed by atoms with E-state index >= 15 is 0 Å². The van der Waals surface area contributed by atoms with Crippen LogP contribution in [0.3, 0.4) is 0 Å². The Morgan fingerprint density at radius 1 is 1.11 bits per heavy atom. The number of ether oxygens (including phenoxy) is 1. The van der Waals surface area contributed by atoms with Gasteiger partial charge in [-0.25, -0.2) is 4.39 Å². The van der Waals surface area contributed by atoms with Gasteiger partial charge < -0.3 is 10.2 Å². The van der Waals surface area contributed by atoms with Gasteiger partial charge >= 0.3 is 0 Å². The zero-order valence-electron chi connectivity index (χ0n) is 9.81. The van der Waals surface area contributed by atoms with E-state index in [0.717, 1.165) is 11.3 Å². The summed E-state index contributed by atoms with van der Waals surface area (Å²) >= 11 is 0. The van der Waals surface area contributed by atoms with E-state index in [1.165, 1.54) is 6.07 Å². The van der Waals surface area contributed by atoms with Crippen molar-refractivity contribution < 1.29 is 9.13 Å². The smallest absolute Gasteiger partial charge is 0.165 e. The van der Waals surface area contributed by atoms with E-state index in [1.54, 1.807) is 30.3 Å². The van der Waals surface area contributed by atoms with Crippen molar-refractivity contribution >= 4 is 18.1 Å². The molecule has 3 N–H and O–H groups in total. The number of benzene rings is 2. The van der Waals surface area contributed by atoms with E-state index in [1.807, 2.05) is 13.0 Å². The van der Waals surface area contributed by atoms with Gasteiger partial charge in [-0.3, -0.25) is 5.84 Å². The van der Waals surface area contributed by atoms with Gasteiger partial charge in [0, 0.05) is 5.69 Å². The number of hydrogen-bond acceptors (Lipinski definition) is 3. The number of nitrogens with two attached hydrogens (primary N) is 1. The summed E-state index contributed by atoms with van der Waals surface area (Å²) in [6, 6.07) is 11.6. The van der Waals surface area contributed by atoms with Gasteiger partial charge in [-0.2, -0.15) is 0 Å². The Morgan fingerprint density at radius 3 is 2.44 bits per heavy atom. The van der Waals surface area contributed by atoms with Crippen LogP contribution in [0.4, 0.5) is 10.1 Å². The lowest BCUT2D eigenvalue weighted by Crippen LogP contribution is -2.06. The first-order valence-corrected chi connectivity index (χ1v) is 5.20. The minimum Gasteiger partial charge on any atom is -0.454 e. The topological polar surface area (TPSA) is 47.3 Å². The molecular weight excluding hydrogens is 255 g/mol. The Kier molecular flexibility index (Phi) is 4.95. The van der Waals surface area contributed by atoms with Crippen LogP contribution in [0.15, 0.2) is 42.5 Å². The maximum Gasteiger partial charge on any atom is 0.165 e. The molecule has 0 radical (unpaired) electrons. The second kappa shape index (κ2) is 6.23. The zero-order chi connectivity index (χ0) is 12.3. The number of anilines is 1. The Bertz CT molecular complexity index is 534. The van der Waals surface area contributed by atoms with Crippen LogP contribution < -0.4 is 16.0 Å². The summed E-state index contributed by atoms with van der Waals surface area (Å²) in [7, 11) is 0. The Hall–Kier alpha value is -1.78. The summed E-state index contributed by atoms with van der Waals surface area (Å²) in [6.07, 6.45) is 0. The van der Waals surface area contributed by atoms with Crippen molar-refractivity contribution in [3.63, 3.8) is 0 Å². The van der Waals surface area contributed by atoms with Crippen molar-refractivity contribution in [2.75, 3.05) is 5.43 Å². The first-order valence-electron chi connectivity index (χ1n) is 5.20. The number of rotatable bonds is 3. The van der Waals surface area contributed by atoms with Gasteiger partial charge in [0.2, 0.25) is 0 Å². The van der Waals surface area contributed by atoms with Crippen LogP contribution in [-0.2, 0) is 0 Å². The fourth-order valence-corrected chi connectivity index (χ4v) is 1.50. The Labute approximate surface area is 111 Å². The Morgan fingerprint density at radius 2 is 1.83 bits per heavy atom. The van der Waals surface area contributed by atoms with Crippen LogP contribution in [-0.4, -0.2) is 0 Å². The Balaban J connectivity index is 0.00000162. The highest BCUT2D eigenvalue weighted by Gasteiger charge is 2.06. The summed E-state index contributed by atoms with van der Waals surface area (Å²) in [5.41, 5.74) is 4.20. The van der Waals surface area contributed by atoms with E-state index in [9.17, 15) is 4.39 Å². The summed E-state index contributed by atoms with van der Waals surface area (Å²) in [6.45, 7) is 1.87. The molecule has 0 saturated carbocycles. The van der Waals surface area contributed by atoms with Crippen LogP contribution in [0.25, 0.3) is 0 Å². The summed E-state index contributed by atoms with van der Waals surface area (Å²) in [5.74, 6) is 5.73. The van der Waals surface area contributed by atoms with E-state index in [0.29, 0.717) is 5.75 Å². The second-order valence-corrected chi connectivity index (χ2v) is 3.66. The largest absolute Gasteiger partial charge is 0.454 e. The predicted octanol–water partition coefficient (Wildman–Crippen LogP) is 3.63. The molecule has 5 heteroatoms. The normalized spacial score (nSPS) is 9.50. The van der Waals surface area contributed by atoms with Crippen LogP contribution in [0.1, 0.15) is 5.56 Å². The van der Waals surface area contributed by atoms with Crippen molar-refractivity contribution in [3.8, 4) is 11.5 Å².